The van der Waals surface area contributed by atoms with E-state index >= 15 is 0 Å². The van der Waals surface area contributed by atoms with Crippen LogP contribution >= 0.6 is 0 Å². The van der Waals surface area contributed by atoms with Crippen LogP contribution in [0.5, 0.6) is 5.75 Å². The highest BCUT2D eigenvalue weighted by Gasteiger charge is 2.26. The molecular weight excluding hydrogens is 230 g/mol. The molecule has 0 saturated carbocycles. The van der Waals surface area contributed by atoms with Crippen LogP contribution in [0.4, 0.5) is 0 Å². The molecule has 2 heterocycles. The van der Waals surface area contributed by atoms with E-state index in [-0.39, 0.29) is 12.0 Å². The Balaban J connectivity index is 1.83. The molecule has 0 fully saturated rings. The number of fused-ring (bicyclic) bond motifs is 1. The summed E-state index contributed by atoms with van der Waals surface area (Å²) in [5.41, 5.74) is 6.89. The molecule has 2 N–H and O–H groups in total. The lowest BCUT2D eigenvalue weighted by Crippen LogP contribution is -2.19. The van der Waals surface area contributed by atoms with E-state index in [9.17, 15) is 0 Å². The van der Waals surface area contributed by atoms with Crippen molar-refractivity contribution in [3.63, 3.8) is 0 Å². The van der Waals surface area contributed by atoms with Crippen molar-refractivity contribution in [2.24, 2.45) is 5.73 Å². The average Bonchev–Trinajstić information content (AvgIpc) is 2.88. The Hall–Kier alpha value is -1.88. The summed E-state index contributed by atoms with van der Waals surface area (Å²) in [4.78, 5) is 4.32. The lowest BCUT2D eigenvalue weighted by atomic mass is 9.97. The summed E-state index contributed by atoms with van der Waals surface area (Å²) in [5.74, 6) is 2.21. The number of nitrogens with two attached hydrogens (primary N) is 1. The molecule has 5 heteroatoms. The molecule has 94 valence electrons. The van der Waals surface area contributed by atoms with Crippen LogP contribution in [-0.2, 0) is 6.42 Å². The molecular formula is C13H15N3O2. The zero-order valence-electron chi connectivity index (χ0n) is 10.2. The van der Waals surface area contributed by atoms with Crippen molar-refractivity contribution in [3.05, 3.63) is 41.5 Å². The van der Waals surface area contributed by atoms with E-state index in [0.29, 0.717) is 18.3 Å². The third-order valence-electron chi connectivity index (χ3n) is 3.09. The van der Waals surface area contributed by atoms with E-state index in [4.69, 9.17) is 15.0 Å². The number of aromatic nitrogens is 2. The molecule has 0 radical (unpaired) electrons. The first kappa shape index (κ1) is 11.2. The maximum atomic E-state index is 5.72. The van der Waals surface area contributed by atoms with Crippen LogP contribution in [0.3, 0.4) is 0 Å². The topological polar surface area (TPSA) is 74.2 Å². The van der Waals surface area contributed by atoms with Gasteiger partial charge in [-0.05, 0) is 25.0 Å². The smallest absolute Gasteiger partial charge is 0.233 e. The van der Waals surface area contributed by atoms with Crippen LogP contribution < -0.4 is 10.5 Å². The van der Waals surface area contributed by atoms with Crippen molar-refractivity contribution in [2.45, 2.75) is 25.3 Å². The van der Waals surface area contributed by atoms with Gasteiger partial charge in [0.05, 0.1) is 12.0 Å². The number of hydrogen-bond acceptors (Lipinski definition) is 5. The Labute approximate surface area is 105 Å². The fourth-order valence-corrected chi connectivity index (χ4v) is 2.08. The van der Waals surface area contributed by atoms with Crippen LogP contribution in [0.15, 0.2) is 28.8 Å². The first-order chi connectivity index (χ1) is 8.74. The highest BCUT2D eigenvalue weighted by Crippen LogP contribution is 2.31. The van der Waals surface area contributed by atoms with Gasteiger partial charge in [0.2, 0.25) is 5.89 Å². The van der Waals surface area contributed by atoms with E-state index in [0.717, 1.165) is 12.2 Å². The molecule has 0 aliphatic carbocycles. The van der Waals surface area contributed by atoms with Crippen molar-refractivity contribution in [1.29, 1.82) is 0 Å². The first-order valence-corrected chi connectivity index (χ1v) is 6.04. The third kappa shape index (κ3) is 1.97. The van der Waals surface area contributed by atoms with E-state index in [1.165, 1.54) is 5.56 Å². The Bertz CT molecular complexity index is 551. The normalized spacial score (nSPS) is 20.0. The summed E-state index contributed by atoms with van der Waals surface area (Å²) in [6.45, 7) is 2.40. The summed E-state index contributed by atoms with van der Waals surface area (Å²) in [6, 6.07) is 7.81. The van der Waals surface area contributed by atoms with Crippen LogP contribution in [0.2, 0.25) is 0 Å². The minimum Gasteiger partial charge on any atom is -0.492 e. The lowest BCUT2D eigenvalue weighted by molar-refractivity contribution is 0.230. The van der Waals surface area contributed by atoms with Gasteiger partial charge >= 0.3 is 0 Å². The molecule has 18 heavy (non-hydrogen) atoms. The quantitative estimate of drug-likeness (QED) is 0.873. The Kier molecular flexibility index (Phi) is 2.76. The maximum absolute atomic E-state index is 5.72. The molecule has 1 aromatic heterocycles. The number of ether oxygens (including phenoxy) is 1. The van der Waals surface area contributed by atoms with Gasteiger partial charge < -0.3 is 15.0 Å². The van der Waals surface area contributed by atoms with E-state index < -0.39 is 0 Å². The molecule has 2 atom stereocenters. The van der Waals surface area contributed by atoms with Crippen molar-refractivity contribution >= 4 is 0 Å². The van der Waals surface area contributed by atoms with Gasteiger partial charge in [0.1, 0.15) is 12.4 Å². The number of hydrogen-bond donors (Lipinski definition) is 1. The summed E-state index contributed by atoms with van der Waals surface area (Å²) in [6.07, 6.45) is 0.858. The molecule has 1 aliphatic heterocycles. The predicted octanol–water partition coefficient (Wildman–Crippen LogP) is 1.81. The van der Waals surface area contributed by atoms with Gasteiger partial charge in [0, 0.05) is 0 Å². The molecule has 0 bridgehead atoms. The fraction of sp³-hybridized carbons (Fsp3) is 0.385. The number of para-hydroxylation sites is 1. The monoisotopic (exact) mass is 245 g/mol. The maximum Gasteiger partial charge on any atom is 0.233 e. The molecule has 0 spiro atoms. The number of benzene rings is 1. The first-order valence-electron chi connectivity index (χ1n) is 6.04. The van der Waals surface area contributed by atoms with Gasteiger partial charge in [-0.15, -0.1) is 0 Å². The average molecular weight is 245 g/mol. The van der Waals surface area contributed by atoms with E-state index in [1.807, 2.05) is 25.1 Å². The summed E-state index contributed by atoms with van der Waals surface area (Å²) in [7, 11) is 0. The SMILES string of the molecule is CC(N)c1noc(C2COc3ccccc3C2)n1. The molecule has 1 aliphatic rings. The van der Waals surface area contributed by atoms with Gasteiger partial charge in [0.15, 0.2) is 5.82 Å². The largest absolute Gasteiger partial charge is 0.492 e. The second-order valence-corrected chi connectivity index (χ2v) is 4.60. The van der Waals surface area contributed by atoms with E-state index in [2.05, 4.69) is 16.2 Å². The molecule has 3 rings (SSSR count). The molecule has 2 aromatic rings. The number of nitrogens with zero attached hydrogens (tertiary/aromatic N) is 2. The van der Waals surface area contributed by atoms with Crippen molar-refractivity contribution in [3.8, 4) is 5.75 Å². The van der Waals surface area contributed by atoms with Gasteiger partial charge in [-0.1, -0.05) is 23.4 Å². The van der Waals surface area contributed by atoms with Crippen molar-refractivity contribution in [2.75, 3.05) is 6.61 Å². The molecule has 0 saturated heterocycles. The molecule has 1 aromatic carbocycles. The van der Waals surface area contributed by atoms with Gasteiger partial charge in [0.25, 0.3) is 0 Å². The van der Waals surface area contributed by atoms with E-state index in [1.54, 1.807) is 0 Å². The van der Waals surface area contributed by atoms with Crippen molar-refractivity contribution < 1.29 is 9.26 Å². The van der Waals surface area contributed by atoms with Gasteiger partial charge in [-0.25, -0.2) is 0 Å². The van der Waals surface area contributed by atoms with Crippen LogP contribution in [0, 0.1) is 0 Å². The van der Waals surface area contributed by atoms with Gasteiger partial charge in [-0.3, -0.25) is 0 Å². The molecule has 5 nitrogen and oxygen atoms in total. The molecule has 0 amide bonds. The van der Waals surface area contributed by atoms with Crippen LogP contribution in [0.1, 0.15) is 36.2 Å². The van der Waals surface area contributed by atoms with Crippen LogP contribution in [-0.4, -0.2) is 16.7 Å². The second-order valence-electron chi connectivity index (χ2n) is 4.60. The summed E-state index contributed by atoms with van der Waals surface area (Å²) in [5, 5.41) is 3.88. The predicted molar refractivity (Wildman–Crippen MR) is 65.3 cm³/mol. The minimum atomic E-state index is -0.209. The van der Waals surface area contributed by atoms with Crippen LogP contribution in [0.25, 0.3) is 0 Å². The Morgan fingerprint density at radius 2 is 2.22 bits per heavy atom. The summed E-state index contributed by atoms with van der Waals surface area (Å²) >= 11 is 0. The zero-order chi connectivity index (χ0) is 12.5. The minimum absolute atomic E-state index is 0.111. The second kappa shape index (κ2) is 4.42. The van der Waals surface area contributed by atoms with Crippen molar-refractivity contribution in [1.82, 2.24) is 10.1 Å². The molecule has 2 unspecified atom stereocenters. The highest BCUT2D eigenvalue weighted by molar-refractivity contribution is 5.36. The lowest BCUT2D eigenvalue weighted by Gasteiger charge is -2.22. The highest BCUT2D eigenvalue weighted by atomic mass is 16.5. The third-order valence-corrected chi connectivity index (χ3v) is 3.09. The van der Waals surface area contributed by atoms with Gasteiger partial charge in [-0.2, -0.15) is 4.98 Å². The fourth-order valence-electron chi connectivity index (χ4n) is 2.08. The summed E-state index contributed by atoms with van der Waals surface area (Å²) < 4.78 is 11.0. The zero-order valence-corrected chi connectivity index (χ0v) is 10.2. The standard InChI is InChI=1S/C13H15N3O2/c1-8(14)12-15-13(18-16-12)10-6-9-4-2-3-5-11(9)17-7-10/h2-5,8,10H,6-7,14H2,1H3. The Morgan fingerprint density at radius 1 is 1.39 bits per heavy atom. The number of rotatable bonds is 2. The Morgan fingerprint density at radius 3 is 3.00 bits per heavy atom.